The van der Waals surface area contributed by atoms with Gasteiger partial charge in [0, 0.05) is 0 Å². The van der Waals surface area contributed by atoms with E-state index in [9.17, 15) is 0 Å². The molecule has 1 aromatic carbocycles. The summed E-state index contributed by atoms with van der Waals surface area (Å²) in [6, 6.07) is 10.0. The van der Waals surface area contributed by atoms with E-state index in [4.69, 9.17) is 0 Å². The van der Waals surface area contributed by atoms with Gasteiger partial charge < -0.3 is 0 Å². The van der Waals surface area contributed by atoms with Crippen LogP contribution < -0.4 is 0 Å². The van der Waals surface area contributed by atoms with E-state index >= 15 is 0 Å². The molecule has 0 unspecified atom stereocenters. The summed E-state index contributed by atoms with van der Waals surface area (Å²) < 4.78 is 0. The second kappa shape index (κ2) is 1.99. The molecule has 0 aliphatic rings. The maximum atomic E-state index is 3.07. The van der Waals surface area contributed by atoms with E-state index in [0.29, 0.717) is 0 Å². The highest BCUT2D eigenvalue weighted by molar-refractivity contribution is 5.16. The topological polar surface area (TPSA) is 0 Å². The average molecular weight is 104 g/mol. The van der Waals surface area contributed by atoms with Crippen LogP contribution in [-0.4, -0.2) is 0 Å². The molecule has 0 heteroatoms. The summed E-state index contributed by atoms with van der Waals surface area (Å²) >= 11 is 0. The lowest BCUT2D eigenvalue weighted by molar-refractivity contribution is 1.38. The van der Waals surface area contributed by atoms with Crippen LogP contribution in [0.2, 0.25) is 0 Å². The Morgan fingerprint density at radius 3 is 1.62 bits per heavy atom. The van der Waals surface area contributed by atoms with Crippen LogP contribution in [0.4, 0.5) is 0 Å². The van der Waals surface area contributed by atoms with Gasteiger partial charge in [-0.05, 0) is 37.1 Å². The van der Waals surface area contributed by atoms with Gasteiger partial charge in [0.15, 0.2) is 0 Å². The van der Waals surface area contributed by atoms with Gasteiger partial charge in [0.2, 0.25) is 0 Å². The van der Waals surface area contributed by atoms with Crippen LogP contribution in [0.1, 0.15) is 11.1 Å². The third kappa shape index (κ3) is 1.09. The smallest absolute Gasteiger partial charge is 0.0149 e. The van der Waals surface area contributed by atoms with Crippen molar-refractivity contribution < 1.29 is 0 Å². The van der Waals surface area contributed by atoms with Crippen LogP contribution in [0.15, 0.2) is 12.1 Å². The van der Waals surface area contributed by atoms with Crippen LogP contribution >= 0.6 is 0 Å². The first-order valence-electron chi connectivity index (χ1n) is 2.65. The van der Waals surface area contributed by atoms with Crippen molar-refractivity contribution in [2.45, 2.75) is 13.8 Å². The van der Waals surface area contributed by atoms with Gasteiger partial charge in [-0.3, -0.25) is 0 Å². The van der Waals surface area contributed by atoms with Crippen molar-refractivity contribution >= 4 is 0 Å². The summed E-state index contributed by atoms with van der Waals surface area (Å²) in [6.07, 6.45) is 0. The summed E-state index contributed by atoms with van der Waals surface area (Å²) in [5, 5.41) is 0. The second-order valence-corrected chi connectivity index (χ2v) is 1.94. The number of hydrogen-bond acceptors (Lipinski definition) is 0. The Balaban J connectivity index is 3.03. The fourth-order valence-corrected chi connectivity index (χ4v) is 0.528. The van der Waals surface area contributed by atoms with Crippen molar-refractivity contribution in [3.63, 3.8) is 0 Å². The Bertz CT molecular complexity index is 139. The highest BCUT2D eigenvalue weighted by atomic mass is 13.9. The van der Waals surface area contributed by atoms with Crippen molar-refractivity contribution in [1.29, 1.82) is 0 Å². The first kappa shape index (κ1) is 5.36. The van der Waals surface area contributed by atoms with Crippen LogP contribution in [-0.2, 0) is 0 Å². The third-order valence-electron chi connectivity index (χ3n) is 1.03. The summed E-state index contributed by atoms with van der Waals surface area (Å²) in [5.41, 5.74) is 2.30. The Morgan fingerprint density at radius 1 is 1.00 bits per heavy atom. The molecule has 0 saturated heterocycles. The summed E-state index contributed by atoms with van der Waals surface area (Å²) in [5.74, 6) is 0. The van der Waals surface area contributed by atoms with Crippen molar-refractivity contribution in [1.82, 2.24) is 0 Å². The molecular formula is C8H8. The molecule has 0 aliphatic heterocycles. The van der Waals surface area contributed by atoms with Gasteiger partial charge in [-0.25, -0.2) is 0 Å². The monoisotopic (exact) mass is 104 g/mol. The number of benzene rings is 1. The number of rotatable bonds is 0. The molecular weight excluding hydrogens is 96.1 g/mol. The molecule has 0 aliphatic carbocycles. The molecule has 0 aromatic heterocycles. The zero-order valence-corrected chi connectivity index (χ0v) is 5.15. The zero-order valence-electron chi connectivity index (χ0n) is 5.15. The molecule has 0 bridgehead atoms. The fraction of sp³-hybridized carbons (Fsp3) is 0.250. The Morgan fingerprint density at radius 2 is 1.38 bits per heavy atom. The lowest BCUT2D eigenvalue weighted by Crippen LogP contribution is -1.72. The minimum absolute atomic E-state index is 1.15. The minimum Gasteiger partial charge on any atom is -0.0505 e. The highest BCUT2D eigenvalue weighted by Gasteiger charge is 1.81. The number of hydrogen-bond donors (Lipinski definition) is 0. The zero-order chi connectivity index (χ0) is 5.98. The maximum absolute atomic E-state index is 3.07. The van der Waals surface area contributed by atoms with Crippen LogP contribution in [0.3, 0.4) is 0 Å². The van der Waals surface area contributed by atoms with Crippen molar-refractivity contribution in [2.75, 3.05) is 0 Å². The quantitative estimate of drug-likeness (QED) is 0.471. The highest BCUT2D eigenvalue weighted by Crippen LogP contribution is 1.97. The normalized spacial score (nSPS) is 9.25. The van der Waals surface area contributed by atoms with E-state index in [-0.39, 0.29) is 0 Å². The molecule has 0 fully saturated rings. The maximum Gasteiger partial charge on any atom is -0.0149 e. The molecule has 1 rings (SSSR count). The van der Waals surface area contributed by atoms with E-state index in [0.717, 1.165) is 11.1 Å². The third-order valence-corrected chi connectivity index (χ3v) is 1.03. The molecule has 1 aromatic rings. The van der Waals surface area contributed by atoms with E-state index in [1.165, 1.54) is 0 Å². The van der Waals surface area contributed by atoms with Gasteiger partial charge in [-0.1, -0.05) is 12.1 Å². The molecule has 0 nitrogen and oxygen atoms in total. The predicted molar refractivity (Wildman–Crippen MR) is 33.6 cm³/mol. The van der Waals surface area contributed by atoms with Gasteiger partial charge >= 0.3 is 0 Å². The SMILES string of the molecule is Cc1[c]cc(C)[c]c1. The largest absolute Gasteiger partial charge is 0.0505 e. The van der Waals surface area contributed by atoms with Gasteiger partial charge in [0.1, 0.15) is 0 Å². The van der Waals surface area contributed by atoms with Gasteiger partial charge in [0.25, 0.3) is 0 Å². The number of aryl methyl sites for hydroxylation is 2. The molecule has 0 atom stereocenters. The van der Waals surface area contributed by atoms with E-state index in [1.807, 2.05) is 26.0 Å². The van der Waals surface area contributed by atoms with E-state index in [1.54, 1.807) is 0 Å². The van der Waals surface area contributed by atoms with Gasteiger partial charge in [-0.2, -0.15) is 0 Å². The van der Waals surface area contributed by atoms with Crippen LogP contribution in [0, 0.1) is 26.0 Å². The van der Waals surface area contributed by atoms with Crippen molar-refractivity contribution in [3.05, 3.63) is 35.4 Å². The van der Waals surface area contributed by atoms with Gasteiger partial charge in [0.05, 0.1) is 0 Å². The molecule has 0 N–H and O–H groups in total. The molecule has 0 saturated carbocycles. The summed E-state index contributed by atoms with van der Waals surface area (Å²) in [6.45, 7) is 4.02. The molecule has 2 radical (unpaired) electrons. The first-order valence-corrected chi connectivity index (χ1v) is 2.65. The first-order chi connectivity index (χ1) is 3.79. The average Bonchev–Trinajstić information content (AvgIpc) is 1.77. The van der Waals surface area contributed by atoms with Crippen molar-refractivity contribution in [3.8, 4) is 0 Å². The molecule has 0 spiro atoms. The van der Waals surface area contributed by atoms with Crippen LogP contribution in [0.25, 0.3) is 0 Å². The molecule has 8 heavy (non-hydrogen) atoms. The lowest BCUT2D eigenvalue weighted by Gasteiger charge is -1.88. The standard InChI is InChI=1S/C8H8/c1-7-3-5-8(2)6-4-7/h3,6H,1-2H3. The Labute approximate surface area is 50.2 Å². The van der Waals surface area contributed by atoms with E-state index in [2.05, 4.69) is 12.1 Å². The van der Waals surface area contributed by atoms with E-state index < -0.39 is 0 Å². The predicted octanol–water partition coefficient (Wildman–Crippen LogP) is 1.90. The Kier molecular flexibility index (Phi) is 1.34. The van der Waals surface area contributed by atoms with Crippen molar-refractivity contribution in [2.24, 2.45) is 0 Å². The summed E-state index contributed by atoms with van der Waals surface area (Å²) in [4.78, 5) is 0. The summed E-state index contributed by atoms with van der Waals surface area (Å²) in [7, 11) is 0. The second-order valence-electron chi connectivity index (χ2n) is 1.94. The minimum atomic E-state index is 1.15. The molecule has 0 heterocycles. The lowest BCUT2D eigenvalue weighted by atomic mass is 10.2. The molecule has 0 amide bonds. The Hall–Kier alpha value is -0.780. The fourth-order valence-electron chi connectivity index (χ4n) is 0.528. The van der Waals surface area contributed by atoms with Gasteiger partial charge in [-0.15, -0.1) is 0 Å². The molecule has 40 valence electrons. The van der Waals surface area contributed by atoms with Crippen LogP contribution in [0.5, 0.6) is 0 Å².